The summed E-state index contributed by atoms with van der Waals surface area (Å²) in [7, 11) is 2.07. The number of piperazine rings is 1. The van der Waals surface area contributed by atoms with Gasteiger partial charge in [-0.1, -0.05) is 22.0 Å². The minimum Gasteiger partial charge on any atom is -0.484 e. The van der Waals surface area contributed by atoms with Gasteiger partial charge in [0.15, 0.2) is 6.61 Å². The van der Waals surface area contributed by atoms with Crippen molar-refractivity contribution in [1.82, 2.24) is 9.80 Å². The fourth-order valence-corrected chi connectivity index (χ4v) is 2.23. The Bertz CT molecular complexity index is 417. The van der Waals surface area contributed by atoms with E-state index in [0.717, 1.165) is 30.7 Å². The molecule has 1 saturated heterocycles. The van der Waals surface area contributed by atoms with Crippen molar-refractivity contribution in [2.75, 3.05) is 39.8 Å². The van der Waals surface area contributed by atoms with Crippen LogP contribution in [0.25, 0.3) is 0 Å². The highest BCUT2D eigenvalue weighted by Gasteiger charge is 2.19. The van der Waals surface area contributed by atoms with E-state index in [2.05, 4.69) is 27.9 Å². The minimum absolute atomic E-state index is 0.0584. The molecular weight excluding hydrogens is 296 g/mol. The largest absolute Gasteiger partial charge is 0.484 e. The maximum atomic E-state index is 11.9. The van der Waals surface area contributed by atoms with Gasteiger partial charge in [0.1, 0.15) is 5.75 Å². The van der Waals surface area contributed by atoms with Crippen molar-refractivity contribution >= 4 is 21.8 Å². The van der Waals surface area contributed by atoms with Crippen LogP contribution >= 0.6 is 15.9 Å². The zero-order valence-corrected chi connectivity index (χ0v) is 12.0. The molecular formula is C13H17BrN2O2. The van der Waals surface area contributed by atoms with Gasteiger partial charge in [-0.2, -0.15) is 0 Å². The first-order chi connectivity index (χ1) is 8.65. The number of likely N-dealkylation sites (N-methyl/N-ethyl adjacent to an activating group) is 1. The highest BCUT2D eigenvalue weighted by molar-refractivity contribution is 9.10. The molecule has 1 aliphatic rings. The van der Waals surface area contributed by atoms with E-state index in [-0.39, 0.29) is 12.5 Å². The van der Waals surface area contributed by atoms with Crippen LogP contribution in [0.4, 0.5) is 0 Å². The maximum absolute atomic E-state index is 11.9. The molecule has 0 aliphatic carbocycles. The third kappa shape index (κ3) is 3.71. The Hall–Kier alpha value is -1.07. The molecule has 1 aromatic carbocycles. The number of rotatable bonds is 3. The van der Waals surface area contributed by atoms with Crippen LogP contribution in [0.2, 0.25) is 0 Å². The van der Waals surface area contributed by atoms with Crippen molar-refractivity contribution in [2.45, 2.75) is 0 Å². The predicted molar refractivity (Wildman–Crippen MR) is 73.7 cm³/mol. The molecule has 1 amide bonds. The molecule has 0 unspecified atom stereocenters. The predicted octanol–water partition coefficient (Wildman–Crippen LogP) is 1.60. The average Bonchev–Trinajstić information content (AvgIpc) is 2.37. The molecule has 0 atom stereocenters. The molecule has 18 heavy (non-hydrogen) atoms. The minimum atomic E-state index is 0.0584. The standard InChI is InChI=1S/C13H17BrN2O2/c1-15-5-7-16(8-6-15)13(17)10-18-12-4-2-3-11(14)9-12/h2-4,9H,5-8,10H2,1H3. The lowest BCUT2D eigenvalue weighted by Crippen LogP contribution is -2.48. The summed E-state index contributed by atoms with van der Waals surface area (Å²) >= 11 is 3.37. The highest BCUT2D eigenvalue weighted by Crippen LogP contribution is 2.17. The molecule has 0 spiro atoms. The number of amides is 1. The van der Waals surface area contributed by atoms with Crippen molar-refractivity contribution < 1.29 is 9.53 Å². The van der Waals surface area contributed by atoms with Crippen LogP contribution in [-0.2, 0) is 4.79 Å². The average molecular weight is 313 g/mol. The molecule has 1 aromatic rings. The van der Waals surface area contributed by atoms with Gasteiger partial charge in [0.05, 0.1) is 0 Å². The number of hydrogen-bond acceptors (Lipinski definition) is 3. The topological polar surface area (TPSA) is 32.8 Å². The van der Waals surface area contributed by atoms with Crippen LogP contribution in [0.5, 0.6) is 5.75 Å². The Kier molecular flexibility index (Phi) is 4.60. The number of halogens is 1. The van der Waals surface area contributed by atoms with Crippen molar-refractivity contribution in [2.24, 2.45) is 0 Å². The maximum Gasteiger partial charge on any atom is 0.260 e. The van der Waals surface area contributed by atoms with Gasteiger partial charge in [0, 0.05) is 30.7 Å². The van der Waals surface area contributed by atoms with E-state index in [1.807, 2.05) is 29.2 Å². The molecule has 5 heteroatoms. The summed E-state index contributed by atoms with van der Waals surface area (Å²) in [6.07, 6.45) is 0. The number of carbonyl (C=O) groups excluding carboxylic acids is 1. The van der Waals surface area contributed by atoms with Gasteiger partial charge < -0.3 is 14.5 Å². The smallest absolute Gasteiger partial charge is 0.260 e. The normalized spacial score (nSPS) is 16.7. The molecule has 1 aliphatic heterocycles. The first kappa shape index (κ1) is 13.4. The highest BCUT2D eigenvalue weighted by atomic mass is 79.9. The van der Waals surface area contributed by atoms with Gasteiger partial charge in [-0.3, -0.25) is 4.79 Å². The molecule has 4 nitrogen and oxygen atoms in total. The number of ether oxygens (including phenoxy) is 1. The van der Waals surface area contributed by atoms with Crippen LogP contribution in [0, 0.1) is 0 Å². The number of nitrogens with zero attached hydrogens (tertiary/aromatic N) is 2. The fourth-order valence-electron chi connectivity index (χ4n) is 1.85. The molecule has 0 radical (unpaired) electrons. The second-order valence-electron chi connectivity index (χ2n) is 4.43. The monoisotopic (exact) mass is 312 g/mol. The van der Waals surface area contributed by atoms with Gasteiger partial charge in [-0.25, -0.2) is 0 Å². The summed E-state index contributed by atoms with van der Waals surface area (Å²) in [4.78, 5) is 16.0. The number of benzene rings is 1. The summed E-state index contributed by atoms with van der Waals surface area (Å²) < 4.78 is 6.44. The lowest BCUT2D eigenvalue weighted by Gasteiger charge is -2.32. The van der Waals surface area contributed by atoms with Crippen LogP contribution in [0.1, 0.15) is 0 Å². The lowest BCUT2D eigenvalue weighted by molar-refractivity contribution is -0.134. The third-order valence-electron chi connectivity index (χ3n) is 3.01. The van der Waals surface area contributed by atoms with E-state index in [1.54, 1.807) is 0 Å². The summed E-state index contributed by atoms with van der Waals surface area (Å²) in [5.41, 5.74) is 0. The second-order valence-corrected chi connectivity index (χ2v) is 5.35. The first-order valence-corrected chi connectivity index (χ1v) is 6.79. The number of carbonyl (C=O) groups is 1. The Morgan fingerprint density at radius 3 is 2.72 bits per heavy atom. The Morgan fingerprint density at radius 2 is 2.06 bits per heavy atom. The summed E-state index contributed by atoms with van der Waals surface area (Å²) in [6.45, 7) is 3.56. The Morgan fingerprint density at radius 1 is 1.33 bits per heavy atom. The van der Waals surface area contributed by atoms with Crippen LogP contribution in [-0.4, -0.2) is 55.5 Å². The molecule has 0 bridgehead atoms. The van der Waals surface area contributed by atoms with E-state index in [1.165, 1.54) is 0 Å². The molecule has 1 heterocycles. The molecule has 98 valence electrons. The first-order valence-electron chi connectivity index (χ1n) is 6.00. The van der Waals surface area contributed by atoms with E-state index in [9.17, 15) is 4.79 Å². The van der Waals surface area contributed by atoms with E-state index < -0.39 is 0 Å². The Labute approximate surface area is 116 Å². The summed E-state index contributed by atoms with van der Waals surface area (Å²) in [6, 6.07) is 7.52. The zero-order chi connectivity index (χ0) is 13.0. The third-order valence-corrected chi connectivity index (χ3v) is 3.51. The molecule has 0 N–H and O–H groups in total. The quantitative estimate of drug-likeness (QED) is 0.850. The van der Waals surface area contributed by atoms with Crippen molar-refractivity contribution in [3.05, 3.63) is 28.7 Å². The van der Waals surface area contributed by atoms with Gasteiger partial charge >= 0.3 is 0 Å². The van der Waals surface area contributed by atoms with Crippen molar-refractivity contribution in [3.63, 3.8) is 0 Å². The molecule has 1 fully saturated rings. The van der Waals surface area contributed by atoms with E-state index >= 15 is 0 Å². The SMILES string of the molecule is CN1CCN(C(=O)COc2cccc(Br)c2)CC1. The van der Waals surface area contributed by atoms with Gasteiger partial charge in [-0.15, -0.1) is 0 Å². The molecule has 0 aromatic heterocycles. The van der Waals surface area contributed by atoms with Gasteiger partial charge in [0.2, 0.25) is 0 Å². The van der Waals surface area contributed by atoms with Crippen molar-refractivity contribution in [1.29, 1.82) is 0 Å². The lowest BCUT2D eigenvalue weighted by atomic mass is 10.3. The van der Waals surface area contributed by atoms with Crippen LogP contribution in [0.15, 0.2) is 28.7 Å². The van der Waals surface area contributed by atoms with Crippen LogP contribution < -0.4 is 4.74 Å². The van der Waals surface area contributed by atoms with E-state index in [4.69, 9.17) is 4.74 Å². The second kappa shape index (κ2) is 6.20. The molecule has 2 rings (SSSR count). The van der Waals surface area contributed by atoms with Crippen molar-refractivity contribution in [3.8, 4) is 5.75 Å². The van der Waals surface area contributed by atoms with Gasteiger partial charge in [0.25, 0.3) is 5.91 Å². The van der Waals surface area contributed by atoms with Crippen LogP contribution in [0.3, 0.4) is 0 Å². The summed E-state index contributed by atoms with van der Waals surface area (Å²) in [5.74, 6) is 0.773. The Balaban J connectivity index is 1.81. The number of hydrogen-bond donors (Lipinski definition) is 0. The molecule has 0 saturated carbocycles. The summed E-state index contributed by atoms with van der Waals surface area (Å²) in [5, 5.41) is 0. The zero-order valence-electron chi connectivity index (χ0n) is 10.4. The fraction of sp³-hybridized carbons (Fsp3) is 0.462. The van der Waals surface area contributed by atoms with E-state index in [0.29, 0.717) is 5.75 Å². The van der Waals surface area contributed by atoms with Gasteiger partial charge in [-0.05, 0) is 25.2 Å².